The summed E-state index contributed by atoms with van der Waals surface area (Å²) in [6.07, 6.45) is 0.222. The van der Waals surface area contributed by atoms with Gasteiger partial charge < -0.3 is 5.32 Å². The summed E-state index contributed by atoms with van der Waals surface area (Å²) in [5.74, 6) is 0. The van der Waals surface area contributed by atoms with Crippen molar-refractivity contribution in [2.45, 2.75) is 24.3 Å². The van der Waals surface area contributed by atoms with E-state index in [2.05, 4.69) is 15.1 Å². The SMILES string of the molecule is CNCCCNS(=O)(=O)c1cnn(CC(F)F)c1. The van der Waals surface area contributed by atoms with E-state index in [1.54, 1.807) is 7.05 Å². The van der Waals surface area contributed by atoms with Crippen molar-refractivity contribution in [3.63, 3.8) is 0 Å². The van der Waals surface area contributed by atoms with Crippen LogP contribution in [0.1, 0.15) is 6.42 Å². The van der Waals surface area contributed by atoms with Crippen molar-refractivity contribution in [3.05, 3.63) is 12.4 Å². The summed E-state index contributed by atoms with van der Waals surface area (Å²) in [5, 5.41) is 6.46. The molecule has 0 aromatic carbocycles. The molecule has 104 valence electrons. The second-order valence-corrected chi connectivity index (χ2v) is 5.41. The van der Waals surface area contributed by atoms with Crippen LogP contribution in [0, 0.1) is 0 Å². The lowest BCUT2D eigenvalue weighted by molar-refractivity contribution is 0.121. The largest absolute Gasteiger partial charge is 0.320 e. The molecule has 0 saturated heterocycles. The number of alkyl halides is 2. The Morgan fingerprint density at radius 3 is 2.78 bits per heavy atom. The molecule has 1 aromatic rings. The second kappa shape index (κ2) is 6.76. The van der Waals surface area contributed by atoms with E-state index >= 15 is 0 Å². The number of sulfonamides is 1. The van der Waals surface area contributed by atoms with E-state index in [-0.39, 0.29) is 11.4 Å². The third kappa shape index (κ3) is 4.67. The first-order chi connectivity index (χ1) is 8.45. The van der Waals surface area contributed by atoms with Gasteiger partial charge in [0, 0.05) is 12.7 Å². The summed E-state index contributed by atoms with van der Waals surface area (Å²) < 4.78 is 50.9. The van der Waals surface area contributed by atoms with Crippen molar-refractivity contribution in [2.24, 2.45) is 0 Å². The molecule has 18 heavy (non-hydrogen) atoms. The molecule has 0 spiro atoms. The van der Waals surface area contributed by atoms with E-state index in [0.29, 0.717) is 13.0 Å². The van der Waals surface area contributed by atoms with Gasteiger partial charge in [-0.3, -0.25) is 4.68 Å². The van der Waals surface area contributed by atoms with Crippen molar-refractivity contribution in [3.8, 4) is 0 Å². The summed E-state index contributed by atoms with van der Waals surface area (Å²) in [4.78, 5) is -0.104. The topological polar surface area (TPSA) is 76.0 Å². The number of aromatic nitrogens is 2. The summed E-state index contributed by atoms with van der Waals surface area (Å²) in [6, 6.07) is 0. The molecular formula is C9H16F2N4O2S. The fourth-order valence-corrected chi connectivity index (χ4v) is 2.31. The van der Waals surface area contributed by atoms with Gasteiger partial charge in [-0.25, -0.2) is 21.9 Å². The Hall–Kier alpha value is -1.06. The predicted octanol–water partition coefficient (Wildman–Crippen LogP) is 0.0360. The van der Waals surface area contributed by atoms with Gasteiger partial charge in [-0.05, 0) is 20.0 Å². The van der Waals surface area contributed by atoms with E-state index in [9.17, 15) is 17.2 Å². The predicted molar refractivity (Wildman–Crippen MR) is 62.0 cm³/mol. The van der Waals surface area contributed by atoms with Gasteiger partial charge in [-0.1, -0.05) is 0 Å². The third-order valence-corrected chi connectivity index (χ3v) is 3.56. The molecule has 0 unspecified atom stereocenters. The van der Waals surface area contributed by atoms with Crippen LogP contribution >= 0.6 is 0 Å². The Balaban J connectivity index is 2.59. The number of halogens is 2. The van der Waals surface area contributed by atoms with Crippen LogP contribution in [0.2, 0.25) is 0 Å². The van der Waals surface area contributed by atoms with Crippen molar-refractivity contribution >= 4 is 10.0 Å². The van der Waals surface area contributed by atoms with Crippen molar-refractivity contribution < 1.29 is 17.2 Å². The summed E-state index contributed by atoms with van der Waals surface area (Å²) >= 11 is 0. The van der Waals surface area contributed by atoms with Crippen LogP contribution in [-0.2, 0) is 16.6 Å². The molecule has 0 saturated carbocycles. The van der Waals surface area contributed by atoms with Crippen molar-refractivity contribution in [1.82, 2.24) is 19.8 Å². The zero-order valence-electron chi connectivity index (χ0n) is 9.94. The zero-order chi connectivity index (χ0) is 13.6. The molecule has 0 bridgehead atoms. The average Bonchev–Trinajstić information content (AvgIpc) is 2.73. The second-order valence-electron chi connectivity index (χ2n) is 3.64. The molecule has 0 atom stereocenters. The quantitative estimate of drug-likeness (QED) is 0.660. The van der Waals surface area contributed by atoms with Crippen LogP contribution < -0.4 is 10.0 Å². The van der Waals surface area contributed by atoms with E-state index in [0.717, 1.165) is 17.1 Å². The van der Waals surface area contributed by atoms with Gasteiger partial charge in [0.1, 0.15) is 11.4 Å². The fraction of sp³-hybridized carbons (Fsp3) is 0.667. The number of rotatable bonds is 8. The van der Waals surface area contributed by atoms with Crippen LogP contribution in [0.3, 0.4) is 0 Å². The standard InChI is InChI=1S/C9H16F2N4O2S/c1-12-3-2-4-14-18(16,17)8-5-13-15(6-8)7-9(10)11/h5-6,9,12,14H,2-4,7H2,1H3. The van der Waals surface area contributed by atoms with Crippen LogP contribution in [0.5, 0.6) is 0 Å². The Kier molecular flexibility index (Phi) is 5.63. The molecule has 1 heterocycles. The van der Waals surface area contributed by atoms with Gasteiger partial charge >= 0.3 is 0 Å². The van der Waals surface area contributed by atoms with E-state index in [4.69, 9.17) is 0 Å². The minimum Gasteiger partial charge on any atom is -0.320 e. The summed E-state index contributed by atoms with van der Waals surface area (Å²) in [6.45, 7) is 0.353. The summed E-state index contributed by atoms with van der Waals surface area (Å²) in [7, 11) is -1.89. The lowest BCUT2D eigenvalue weighted by Crippen LogP contribution is -2.26. The Labute approximate surface area is 104 Å². The van der Waals surface area contributed by atoms with Gasteiger partial charge in [0.25, 0.3) is 6.43 Å². The molecule has 0 aliphatic carbocycles. The van der Waals surface area contributed by atoms with Gasteiger partial charge in [0.2, 0.25) is 10.0 Å². The first-order valence-corrected chi connectivity index (χ1v) is 6.89. The highest BCUT2D eigenvalue weighted by atomic mass is 32.2. The average molecular weight is 282 g/mol. The molecule has 1 rings (SSSR count). The Morgan fingerprint density at radius 2 is 2.17 bits per heavy atom. The summed E-state index contributed by atoms with van der Waals surface area (Å²) in [5.41, 5.74) is 0. The number of hydrogen-bond acceptors (Lipinski definition) is 4. The van der Waals surface area contributed by atoms with E-state index in [1.165, 1.54) is 0 Å². The third-order valence-electron chi connectivity index (χ3n) is 2.14. The number of nitrogens with one attached hydrogen (secondary N) is 2. The van der Waals surface area contributed by atoms with E-state index in [1.807, 2.05) is 0 Å². The number of nitrogens with zero attached hydrogens (tertiary/aromatic N) is 2. The highest BCUT2D eigenvalue weighted by Crippen LogP contribution is 2.08. The maximum Gasteiger partial charge on any atom is 0.257 e. The zero-order valence-corrected chi connectivity index (χ0v) is 10.8. The molecule has 0 fully saturated rings. The maximum atomic E-state index is 12.1. The smallest absolute Gasteiger partial charge is 0.257 e. The normalized spacial score (nSPS) is 12.2. The first kappa shape index (κ1) is 15.0. The molecule has 0 amide bonds. The molecule has 0 radical (unpaired) electrons. The molecule has 0 aliphatic rings. The van der Waals surface area contributed by atoms with Crippen LogP contribution in [-0.4, -0.2) is 44.8 Å². The Morgan fingerprint density at radius 1 is 1.44 bits per heavy atom. The van der Waals surface area contributed by atoms with Gasteiger partial charge in [0.05, 0.1) is 6.20 Å². The van der Waals surface area contributed by atoms with Crippen molar-refractivity contribution in [2.75, 3.05) is 20.1 Å². The molecular weight excluding hydrogens is 266 g/mol. The van der Waals surface area contributed by atoms with Crippen LogP contribution in [0.4, 0.5) is 8.78 Å². The van der Waals surface area contributed by atoms with Gasteiger partial charge in [-0.15, -0.1) is 0 Å². The molecule has 1 aromatic heterocycles. The van der Waals surface area contributed by atoms with Crippen molar-refractivity contribution in [1.29, 1.82) is 0 Å². The lowest BCUT2D eigenvalue weighted by atomic mass is 10.4. The number of hydrogen-bond donors (Lipinski definition) is 2. The van der Waals surface area contributed by atoms with Crippen LogP contribution in [0.25, 0.3) is 0 Å². The maximum absolute atomic E-state index is 12.1. The highest BCUT2D eigenvalue weighted by molar-refractivity contribution is 7.89. The fourth-order valence-electron chi connectivity index (χ4n) is 1.28. The monoisotopic (exact) mass is 282 g/mol. The molecule has 9 heteroatoms. The Bertz CT molecular complexity index is 461. The molecule has 6 nitrogen and oxygen atoms in total. The minimum atomic E-state index is -3.66. The highest BCUT2D eigenvalue weighted by Gasteiger charge is 2.16. The van der Waals surface area contributed by atoms with E-state index < -0.39 is 23.0 Å². The van der Waals surface area contributed by atoms with Gasteiger partial charge in [-0.2, -0.15) is 5.10 Å². The van der Waals surface area contributed by atoms with Crippen LogP contribution in [0.15, 0.2) is 17.3 Å². The van der Waals surface area contributed by atoms with Gasteiger partial charge in [0.15, 0.2) is 0 Å². The first-order valence-electron chi connectivity index (χ1n) is 5.40. The molecule has 0 aliphatic heterocycles. The lowest BCUT2D eigenvalue weighted by Gasteiger charge is -2.04. The molecule has 2 N–H and O–H groups in total. The minimum absolute atomic E-state index is 0.104.